The second-order valence-corrected chi connectivity index (χ2v) is 7.97. The second-order valence-electron chi connectivity index (χ2n) is 6.07. The zero-order valence-corrected chi connectivity index (χ0v) is 15.6. The quantitative estimate of drug-likeness (QED) is 0.707. The van der Waals surface area contributed by atoms with Gasteiger partial charge in [-0.05, 0) is 26.2 Å². The lowest BCUT2D eigenvalue weighted by atomic mass is 10.2. The summed E-state index contributed by atoms with van der Waals surface area (Å²) in [6.45, 7) is 2.20. The smallest absolute Gasteiger partial charge is 0.232 e. The molecule has 2 rings (SSSR count). The molecule has 25 heavy (non-hydrogen) atoms. The number of carbonyl (C=O) groups is 1. The van der Waals surface area contributed by atoms with Crippen LogP contribution in [-0.4, -0.2) is 72.4 Å². The zero-order chi connectivity index (χ0) is 18.4. The van der Waals surface area contributed by atoms with Crippen molar-refractivity contribution in [2.24, 2.45) is 0 Å². The fraction of sp³-hybridized carbons (Fsp3) is 0.562. The Morgan fingerprint density at radius 1 is 1.16 bits per heavy atom. The summed E-state index contributed by atoms with van der Waals surface area (Å²) >= 11 is 0. The van der Waals surface area contributed by atoms with Gasteiger partial charge in [-0.25, -0.2) is 8.42 Å². The maximum absolute atomic E-state index is 12.1. The predicted octanol–water partition coefficient (Wildman–Crippen LogP) is 0.292. The van der Waals surface area contributed by atoms with Crippen LogP contribution in [0.1, 0.15) is 6.42 Å². The summed E-state index contributed by atoms with van der Waals surface area (Å²) in [6, 6.07) is 4.96. The Morgan fingerprint density at radius 3 is 2.48 bits per heavy atom. The van der Waals surface area contributed by atoms with Gasteiger partial charge >= 0.3 is 0 Å². The van der Waals surface area contributed by atoms with E-state index in [0.717, 1.165) is 12.8 Å². The lowest BCUT2D eigenvalue weighted by molar-refractivity contribution is -0.120. The third kappa shape index (κ3) is 5.79. The Labute approximate surface area is 148 Å². The van der Waals surface area contributed by atoms with Crippen LogP contribution in [0.5, 0.6) is 11.5 Å². The lowest BCUT2D eigenvalue weighted by Gasteiger charge is -2.25. The molecule has 0 atom stereocenters. The van der Waals surface area contributed by atoms with Crippen molar-refractivity contribution >= 4 is 21.6 Å². The molecule has 0 aliphatic carbocycles. The van der Waals surface area contributed by atoms with Crippen LogP contribution in [0.3, 0.4) is 0 Å². The van der Waals surface area contributed by atoms with Crippen LogP contribution in [0, 0.1) is 0 Å². The van der Waals surface area contributed by atoms with Crippen molar-refractivity contribution in [2.45, 2.75) is 6.42 Å². The predicted molar refractivity (Wildman–Crippen MR) is 95.8 cm³/mol. The fourth-order valence-corrected chi connectivity index (χ4v) is 3.30. The number of rotatable bonds is 8. The first-order chi connectivity index (χ1) is 11.8. The van der Waals surface area contributed by atoms with E-state index in [1.807, 2.05) is 19.0 Å². The maximum Gasteiger partial charge on any atom is 0.232 e. The average molecular weight is 371 g/mol. The van der Waals surface area contributed by atoms with Crippen molar-refractivity contribution in [3.8, 4) is 11.5 Å². The van der Waals surface area contributed by atoms with Gasteiger partial charge in [-0.15, -0.1) is 0 Å². The van der Waals surface area contributed by atoms with E-state index in [9.17, 15) is 13.2 Å². The van der Waals surface area contributed by atoms with E-state index in [2.05, 4.69) is 5.32 Å². The van der Waals surface area contributed by atoms with Crippen LogP contribution >= 0.6 is 0 Å². The van der Waals surface area contributed by atoms with Crippen molar-refractivity contribution in [2.75, 3.05) is 57.5 Å². The largest absolute Gasteiger partial charge is 0.486 e. The molecule has 1 N–H and O–H groups in total. The molecule has 9 heteroatoms. The van der Waals surface area contributed by atoms with Crippen molar-refractivity contribution in [3.05, 3.63) is 18.2 Å². The number of anilines is 1. The molecule has 1 heterocycles. The van der Waals surface area contributed by atoms with E-state index >= 15 is 0 Å². The average Bonchev–Trinajstić information content (AvgIpc) is 2.53. The summed E-state index contributed by atoms with van der Waals surface area (Å²) in [6.07, 6.45) is 1.20. The number of amides is 1. The minimum absolute atomic E-state index is 0.0618. The molecule has 0 saturated carbocycles. The number of benzene rings is 1. The molecule has 140 valence electrons. The summed E-state index contributed by atoms with van der Waals surface area (Å²) in [4.78, 5) is 13.9. The van der Waals surface area contributed by atoms with Crippen molar-refractivity contribution < 1.29 is 22.7 Å². The number of ether oxygens (including phenoxy) is 2. The molecule has 1 aromatic rings. The van der Waals surface area contributed by atoms with E-state index < -0.39 is 10.0 Å². The molecule has 1 aliphatic rings. The number of hydrogen-bond donors (Lipinski definition) is 1. The monoisotopic (exact) mass is 371 g/mol. The Morgan fingerprint density at radius 2 is 1.84 bits per heavy atom. The highest BCUT2D eigenvalue weighted by Crippen LogP contribution is 2.34. The van der Waals surface area contributed by atoms with Gasteiger partial charge in [0.15, 0.2) is 11.5 Å². The Balaban J connectivity index is 2.03. The van der Waals surface area contributed by atoms with E-state index in [0.29, 0.717) is 36.9 Å². The number of nitrogens with zero attached hydrogens (tertiary/aromatic N) is 2. The third-order valence-corrected chi connectivity index (χ3v) is 4.83. The van der Waals surface area contributed by atoms with E-state index in [4.69, 9.17) is 9.47 Å². The van der Waals surface area contributed by atoms with Crippen molar-refractivity contribution in [3.63, 3.8) is 0 Å². The first kappa shape index (κ1) is 19.3. The maximum atomic E-state index is 12.1. The second kappa shape index (κ2) is 8.39. The standard InChI is InChI=1S/C16H25N3O5S/c1-18(2)9-7-17-16(20)6-8-19(25(3,21)22)13-4-5-14-15(12-13)24-11-10-23-14/h4-5,12H,6-11H2,1-3H3,(H,17,20). The number of hydrogen-bond acceptors (Lipinski definition) is 6. The Hall–Kier alpha value is -2.00. The third-order valence-electron chi connectivity index (χ3n) is 3.64. The first-order valence-corrected chi connectivity index (χ1v) is 9.91. The van der Waals surface area contributed by atoms with Crippen molar-refractivity contribution in [1.29, 1.82) is 0 Å². The van der Waals surface area contributed by atoms with Gasteiger partial charge < -0.3 is 19.7 Å². The minimum Gasteiger partial charge on any atom is -0.486 e. The van der Waals surface area contributed by atoms with E-state index in [1.165, 1.54) is 4.31 Å². The van der Waals surface area contributed by atoms with Crippen LogP contribution in [0.15, 0.2) is 18.2 Å². The van der Waals surface area contributed by atoms with Gasteiger partial charge in [0.05, 0.1) is 11.9 Å². The SMILES string of the molecule is CN(C)CCNC(=O)CCN(c1ccc2c(c1)OCCO2)S(C)(=O)=O. The van der Waals surface area contributed by atoms with Gasteiger partial charge in [-0.3, -0.25) is 9.10 Å². The molecule has 0 aromatic heterocycles. The lowest BCUT2D eigenvalue weighted by Crippen LogP contribution is -2.36. The van der Waals surface area contributed by atoms with Crippen molar-refractivity contribution in [1.82, 2.24) is 10.2 Å². The number of fused-ring (bicyclic) bond motifs is 1. The molecule has 0 fully saturated rings. The molecule has 0 saturated heterocycles. The normalized spacial score (nSPS) is 13.6. The highest BCUT2D eigenvalue weighted by atomic mass is 32.2. The number of carbonyl (C=O) groups excluding carboxylic acids is 1. The molecular formula is C16H25N3O5S. The van der Waals surface area contributed by atoms with Gasteiger partial charge in [0.2, 0.25) is 15.9 Å². The summed E-state index contributed by atoms with van der Waals surface area (Å²) in [5.41, 5.74) is 0.452. The summed E-state index contributed by atoms with van der Waals surface area (Å²) < 4.78 is 36.4. The molecule has 0 unspecified atom stereocenters. The number of likely N-dealkylation sites (N-methyl/N-ethyl adjacent to an activating group) is 1. The van der Waals surface area contributed by atoms with Crippen LogP contribution in [-0.2, 0) is 14.8 Å². The van der Waals surface area contributed by atoms with Crippen LogP contribution in [0.25, 0.3) is 0 Å². The topological polar surface area (TPSA) is 88.2 Å². The van der Waals surface area contributed by atoms with Gasteiger partial charge in [0.1, 0.15) is 13.2 Å². The van der Waals surface area contributed by atoms with Crippen LogP contribution in [0.4, 0.5) is 5.69 Å². The highest BCUT2D eigenvalue weighted by Gasteiger charge is 2.21. The van der Waals surface area contributed by atoms with Crippen LogP contribution < -0.4 is 19.1 Å². The van der Waals surface area contributed by atoms with Gasteiger partial charge in [0, 0.05) is 32.1 Å². The minimum atomic E-state index is -3.53. The van der Waals surface area contributed by atoms with Gasteiger partial charge in [-0.1, -0.05) is 0 Å². The number of nitrogens with one attached hydrogen (secondary N) is 1. The summed E-state index contributed by atoms with van der Waals surface area (Å²) in [7, 11) is 0.307. The van der Waals surface area contributed by atoms with Gasteiger partial charge in [0.25, 0.3) is 0 Å². The Kier molecular flexibility index (Phi) is 6.49. The van der Waals surface area contributed by atoms with E-state index in [1.54, 1.807) is 18.2 Å². The fourth-order valence-electron chi connectivity index (χ4n) is 2.38. The molecule has 1 aliphatic heterocycles. The van der Waals surface area contributed by atoms with E-state index in [-0.39, 0.29) is 18.9 Å². The molecule has 8 nitrogen and oxygen atoms in total. The molecule has 0 radical (unpaired) electrons. The highest BCUT2D eigenvalue weighted by molar-refractivity contribution is 7.92. The molecule has 0 bridgehead atoms. The molecule has 1 aromatic carbocycles. The molecular weight excluding hydrogens is 346 g/mol. The zero-order valence-electron chi connectivity index (χ0n) is 14.8. The first-order valence-electron chi connectivity index (χ1n) is 8.06. The molecule has 0 spiro atoms. The molecule has 1 amide bonds. The number of sulfonamides is 1. The summed E-state index contributed by atoms with van der Waals surface area (Å²) in [5.74, 6) is 0.908. The van der Waals surface area contributed by atoms with Crippen LogP contribution in [0.2, 0.25) is 0 Å². The van der Waals surface area contributed by atoms with Gasteiger partial charge in [-0.2, -0.15) is 0 Å². The Bertz CT molecular complexity index is 706. The summed E-state index contributed by atoms with van der Waals surface area (Å²) in [5, 5.41) is 2.78.